The molecule has 1 heterocycles. The molecule has 0 unspecified atom stereocenters. The Morgan fingerprint density at radius 2 is 2.22 bits per heavy atom. The number of thiol groups is 1. The van der Waals surface area contributed by atoms with Crippen LogP contribution in [0.15, 0.2) is 26.9 Å². The maximum atomic E-state index is 12.1. The lowest BCUT2D eigenvalue weighted by Crippen LogP contribution is -2.38. The highest BCUT2D eigenvalue weighted by Crippen LogP contribution is 2.26. The monoisotopic (exact) mass is 305 g/mol. The van der Waals surface area contributed by atoms with E-state index in [1.807, 2.05) is 0 Å². The Hall–Kier alpha value is -0.920. The van der Waals surface area contributed by atoms with Crippen LogP contribution in [-0.4, -0.2) is 27.5 Å². The van der Waals surface area contributed by atoms with E-state index >= 15 is 0 Å². The molecule has 0 bridgehead atoms. The lowest BCUT2D eigenvalue weighted by Gasteiger charge is -2.11. The number of halogens is 1. The highest BCUT2D eigenvalue weighted by Gasteiger charge is 2.21. The van der Waals surface area contributed by atoms with Gasteiger partial charge in [-0.2, -0.15) is 0 Å². The first-order valence-corrected chi connectivity index (χ1v) is 7.51. The Bertz CT molecular complexity index is 614. The average molecular weight is 306 g/mol. The first-order chi connectivity index (χ1) is 8.40. The third-order valence-corrected chi connectivity index (χ3v) is 4.74. The van der Waals surface area contributed by atoms with E-state index in [1.54, 1.807) is 6.92 Å². The summed E-state index contributed by atoms with van der Waals surface area (Å²) in [6.45, 7) is 2.93. The van der Waals surface area contributed by atoms with Crippen LogP contribution in [0.1, 0.15) is 5.56 Å². The summed E-state index contributed by atoms with van der Waals surface area (Å²) in [6, 6.07) is 3.00. The summed E-state index contributed by atoms with van der Waals surface area (Å²) in [5.41, 5.74) is 0.677. The Balaban J connectivity index is 2.38. The van der Waals surface area contributed by atoms with E-state index in [4.69, 9.17) is 11.6 Å². The highest BCUT2D eigenvalue weighted by molar-refractivity contribution is 7.91. The molecular formula is C10H12ClN3O2S2. The van der Waals surface area contributed by atoms with Crippen LogP contribution in [0.3, 0.4) is 0 Å². The molecule has 5 nitrogen and oxygen atoms in total. The van der Waals surface area contributed by atoms with Gasteiger partial charge in [0, 0.05) is 16.5 Å². The zero-order valence-corrected chi connectivity index (χ0v) is 12.0. The fraction of sp³-hybridized carbons (Fsp3) is 0.300. The summed E-state index contributed by atoms with van der Waals surface area (Å²) in [6.07, 6.45) is 0. The van der Waals surface area contributed by atoms with Crippen LogP contribution in [0.4, 0.5) is 0 Å². The minimum Gasteiger partial charge on any atom is -0.354 e. The van der Waals surface area contributed by atoms with Crippen LogP contribution in [0, 0.1) is 6.92 Å². The van der Waals surface area contributed by atoms with Crippen LogP contribution in [0.2, 0.25) is 5.02 Å². The molecule has 0 fully saturated rings. The van der Waals surface area contributed by atoms with E-state index in [2.05, 4.69) is 27.7 Å². The molecule has 2 rings (SSSR count). The summed E-state index contributed by atoms with van der Waals surface area (Å²) < 4.78 is 26.7. The number of guanidine groups is 1. The fourth-order valence-corrected chi connectivity index (χ4v) is 3.47. The van der Waals surface area contributed by atoms with Gasteiger partial charge in [0.25, 0.3) is 10.0 Å². The Morgan fingerprint density at radius 1 is 1.50 bits per heavy atom. The van der Waals surface area contributed by atoms with E-state index in [9.17, 15) is 8.42 Å². The van der Waals surface area contributed by atoms with Crippen molar-refractivity contribution in [1.82, 2.24) is 10.0 Å². The number of nitrogens with zero attached hydrogens (tertiary/aromatic N) is 1. The van der Waals surface area contributed by atoms with Crippen molar-refractivity contribution in [2.45, 2.75) is 16.7 Å². The van der Waals surface area contributed by atoms with Crippen LogP contribution in [0.25, 0.3) is 0 Å². The zero-order valence-electron chi connectivity index (χ0n) is 9.57. The van der Waals surface area contributed by atoms with Gasteiger partial charge in [0.15, 0.2) is 0 Å². The second kappa shape index (κ2) is 4.99. The molecule has 98 valence electrons. The molecule has 1 aromatic rings. The van der Waals surface area contributed by atoms with E-state index in [0.29, 0.717) is 28.6 Å². The van der Waals surface area contributed by atoms with E-state index in [1.165, 1.54) is 12.1 Å². The standard InChI is InChI=1S/C10H12ClN3O2S2/c1-6-4-9(8(17)5-7(6)11)18(15,16)14-10-12-2-3-13-10/h4-5,17H,2-3H2,1H3,(H2,12,13,14). The van der Waals surface area contributed by atoms with Crippen molar-refractivity contribution >= 4 is 40.2 Å². The summed E-state index contributed by atoms with van der Waals surface area (Å²) in [5, 5.41) is 3.32. The molecular weight excluding hydrogens is 294 g/mol. The first-order valence-electron chi connectivity index (χ1n) is 5.20. The number of nitrogens with one attached hydrogen (secondary N) is 2. The van der Waals surface area contributed by atoms with Gasteiger partial charge in [-0.05, 0) is 24.6 Å². The van der Waals surface area contributed by atoms with Crippen molar-refractivity contribution in [2.24, 2.45) is 4.99 Å². The molecule has 0 aromatic heterocycles. The largest absolute Gasteiger partial charge is 0.354 e. The van der Waals surface area contributed by atoms with Crippen molar-refractivity contribution in [3.05, 3.63) is 22.7 Å². The van der Waals surface area contributed by atoms with Gasteiger partial charge < -0.3 is 5.32 Å². The number of benzene rings is 1. The molecule has 18 heavy (non-hydrogen) atoms. The summed E-state index contributed by atoms with van der Waals surface area (Å²) in [5.74, 6) is 0.260. The van der Waals surface area contributed by atoms with E-state index in [0.717, 1.165) is 0 Å². The minimum atomic E-state index is -3.69. The van der Waals surface area contributed by atoms with Gasteiger partial charge in [-0.3, -0.25) is 4.99 Å². The zero-order chi connectivity index (χ0) is 13.3. The number of sulfonamides is 1. The van der Waals surface area contributed by atoms with Crippen molar-refractivity contribution in [1.29, 1.82) is 0 Å². The van der Waals surface area contributed by atoms with Gasteiger partial charge in [-0.25, -0.2) is 13.1 Å². The van der Waals surface area contributed by atoms with Crippen molar-refractivity contribution in [3.63, 3.8) is 0 Å². The number of aliphatic imine (C=N–C) groups is 1. The van der Waals surface area contributed by atoms with Gasteiger partial charge in [0.05, 0.1) is 6.54 Å². The lowest BCUT2D eigenvalue weighted by atomic mass is 10.2. The number of hydrogen-bond donors (Lipinski definition) is 3. The smallest absolute Gasteiger partial charge is 0.265 e. The second-order valence-electron chi connectivity index (χ2n) is 3.83. The number of hydrogen-bond acceptors (Lipinski definition) is 5. The normalized spacial score (nSPS) is 15.2. The Kier molecular flexibility index (Phi) is 3.74. The Labute approximate surface area is 116 Å². The van der Waals surface area contributed by atoms with Crippen LogP contribution >= 0.6 is 24.2 Å². The molecule has 0 radical (unpaired) electrons. The van der Waals surface area contributed by atoms with Gasteiger partial charge >= 0.3 is 0 Å². The van der Waals surface area contributed by atoms with E-state index < -0.39 is 10.0 Å². The maximum absolute atomic E-state index is 12.1. The van der Waals surface area contributed by atoms with E-state index in [-0.39, 0.29) is 10.9 Å². The van der Waals surface area contributed by atoms with Crippen molar-refractivity contribution in [2.75, 3.05) is 13.1 Å². The predicted octanol–water partition coefficient (Wildman–Crippen LogP) is 1.17. The summed E-state index contributed by atoms with van der Waals surface area (Å²) in [7, 11) is -3.69. The van der Waals surface area contributed by atoms with Gasteiger partial charge in [-0.15, -0.1) is 12.6 Å². The average Bonchev–Trinajstić information content (AvgIpc) is 2.75. The molecule has 1 aromatic carbocycles. The predicted molar refractivity (Wildman–Crippen MR) is 74.1 cm³/mol. The van der Waals surface area contributed by atoms with Gasteiger partial charge in [0.1, 0.15) is 4.90 Å². The lowest BCUT2D eigenvalue weighted by molar-refractivity contribution is 0.590. The summed E-state index contributed by atoms with van der Waals surface area (Å²) >= 11 is 10.0. The molecule has 0 saturated heterocycles. The molecule has 0 spiro atoms. The topological polar surface area (TPSA) is 70.6 Å². The SMILES string of the molecule is Cc1cc(S(=O)(=O)NC2=NCCN2)c(S)cc1Cl. The molecule has 0 amide bonds. The van der Waals surface area contributed by atoms with Crippen molar-refractivity contribution < 1.29 is 8.42 Å². The number of rotatable bonds is 2. The quantitative estimate of drug-likeness (QED) is 0.719. The second-order valence-corrected chi connectivity index (χ2v) is 6.37. The molecule has 2 N–H and O–H groups in total. The van der Waals surface area contributed by atoms with Crippen molar-refractivity contribution in [3.8, 4) is 0 Å². The molecule has 0 aliphatic carbocycles. The third-order valence-electron chi connectivity index (χ3n) is 2.43. The number of aryl methyl sites for hydroxylation is 1. The van der Waals surface area contributed by atoms with Gasteiger partial charge in [0.2, 0.25) is 5.96 Å². The third kappa shape index (κ3) is 2.73. The molecule has 0 saturated carbocycles. The highest BCUT2D eigenvalue weighted by atomic mass is 35.5. The van der Waals surface area contributed by atoms with Gasteiger partial charge in [-0.1, -0.05) is 11.6 Å². The fourth-order valence-electron chi connectivity index (χ4n) is 1.51. The molecule has 1 aliphatic heterocycles. The first kappa shape index (κ1) is 13.5. The minimum absolute atomic E-state index is 0.0872. The molecule has 1 aliphatic rings. The molecule has 0 atom stereocenters. The summed E-state index contributed by atoms with van der Waals surface area (Å²) in [4.78, 5) is 4.37. The van der Waals surface area contributed by atoms with Crippen LogP contribution in [0.5, 0.6) is 0 Å². The Morgan fingerprint density at radius 3 is 2.83 bits per heavy atom. The van der Waals surface area contributed by atoms with Crippen LogP contribution < -0.4 is 10.0 Å². The molecule has 8 heteroatoms. The van der Waals surface area contributed by atoms with Crippen LogP contribution in [-0.2, 0) is 10.0 Å². The maximum Gasteiger partial charge on any atom is 0.265 e.